The maximum atomic E-state index is 5.48. The van der Waals surface area contributed by atoms with Crippen LogP contribution in [-0.4, -0.2) is 17.5 Å². The van der Waals surface area contributed by atoms with E-state index in [2.05, 4.69) is 17.6 Å². The van der Waals surface area contributed by atoms with Crippen LogP contribution in [0.4, 0.5) is 5.69 Å². The van der Waals surface area contributed by atoms with Crippen molar-refractivity contribution in [1.29, 1.82) is 0 Å². The maximum Gasteiger partial charge on any atom is 1.00 e. The fourth-order valence-corrected chi connectivity index (χ4v) is 0.957. The van der Waals surface area contributed by atoms with E-state index in [0.29, 0.717) is 0 Å². The van der Waals surface area contributed by atoms with Gasteiger partial charge >= 0.3 is 29.6 Å². The van der Waals surface area contributed by atoms with E-state index in [1.807, 2.05) is 12.3 Å². The van der Waals surface area contributed by atoms with Gasteiger partial charge in [-0.3, -0.25) is 0 Å². The van der Waals surface area contributed by atoms with E-state index < -0.39 is 0 Å². The van der Waals surface area contributed by atoms with Crippen LogP contribution in [0.25, 0.3) is 0 Å². The molecule has 2 N–H and O–H groups in total. The van der Waals surface area contributed by atoms with Gasteiger partial charge in [0.1, 0.15) is 0 Å². The molecule has 2 nitrogen and oxygen atoms in total. The summed E-state index contributed by atoms with van der Waals surface area (Å²) in [6, 6.07) is 3.63. The van der Waals surface area contributed by atoms with Crippen molar-refractivity contribution in [2.24, 2.45) is 0 Å². The summed E-state index contributed by atoms with van der Waals surface area (Å²) in [6.07, 6.45) is 5.27. The van der Waals surface area contributed by atoms with Crippen LogP contribution >= 0.6 is 11.8 Å². The summed E-state index contributed by atoms with van der Waals surface area (Å²) in [5.74, 6) is 0. The first-order valence-corrected chi connectivity index (χ1v) is 5.03. The van der Waals surface area contributed by atoms with Crippen LogP contribution in [0.2, 0.25) is 0 Å². The predicted molar refractivity (Wildman–Crippen MR) is 53.7 cm³/mol. The largest absolute Gasteiger partial charge is 1.00 e. The number of pyridine rings is 1. The van der Waals surface area contributed by atoms with Crippen molar-refractivity contribution in [1.82, 2.24) is 4.98 Å². The van der Waals surface area contributed by atoms with Gasteiger partial charge in [-0.1, -0.05) is 0 Å². The second-order valence-corrected chi connectivity index (χ2v) is 2.46. The van der Waals surface area contributed by atoms with Crippen LogP contribution in [0.3, 0.4) is 0 Å². The summed E-state index contributed by atoms with van der Waals surface area (Å²) in [4.78, 5) is 4.04. The van der Waals surface area contributed by atoms with Gasteiger partial charge in [-0.2, -0.15) is 6.26 Å². The van der Waals surface area contributed by atoms with Crippen LogP contribution < -0.4 is 35.3 Å². The molecule has 0 saturated heterocycles. The Kier molecular flexibility index (Phi) is 12.3. The Hall–Kier alpha value is 0.650. The summed E-state index contributed by atoms with van der Waals surface area (Å²) < 4.78 is 0. The molecule has 1 aromatic rings. The Morgan fingerprint density at radius 3 is 2.42 bits per heavy atom. The number of rotatable bonds is 1. The summed E-state index contributed by atoms with van der Waals surface area (Å²) in [7, 11) is 0. The molecule has 0 amide bonds. The Labute approximate surface area is 105 Å². The van der Waals surface area contributed by atoms with Crippen LogP contribution in [0, 0.1) is 0 Å². The van der Waals surface area contributed by atoms with E-state index >= 15 is 0 Å². The second-order valence-electron chi connectivity index (χ2n) is 1.63. The van der Waals surface area contributed by atoms with Gasteiger partial charge in [-0.25, -0.2) is 4.98 Å². The molecule has 5 heteroatoms. The van der Waals surface area contributed by atoms with Crippen molar-refractivity contribution in [2.75, 3.05) is 18.2 Å². The Balaban J connectivity index is 0. The molecule has 0 aliphatic rings. The zero-order valence-corrected chi connectivity index (χ0v) is 11.2. The summed E-state index contributed by atoms with van der Waals surface area (Å²) in [5, 5.41) is 0.968. The first-order valence-electron chi connectivity index (χ1n) is 2.99. The van der Waals surface area contributed by atoms with E-state index in [1.54, 1.807) is 30.3 Å². The molecule has 0 spiro atoms. The number of anilines is 1. The molecule has 0 aromatic carbocycles. The maximum absolute atomic E-state index is 5.48. The van der Waals surface area contributed by atoms with Crippen molar-refractivity contribution < 1.29 is 29.6 Å². The van der Waals surface area contributed by atoms with Crippen molar-refractivity contribution in [3.05, 3.63) is 18.3 Å². The summed E-state index contributed by atoms with van der Waals surface area (Å²) in [5.41, 5.74) is 6.25. The van der Waals surface area contributed by atoms with E-state index in [1.165, 1.54) is 0 Å². The summed E-state index contributed by atoms with van der Waals surface area (Å²) >= 11 is 5.68. The standard InChI is InChI=1S/C6H8N2S.CH4S.Na/c1-9-6-4-5(7)2-3-8-6;1-2;/h2-4H,1H3,(H2,7,8);2H,1H3;/q;;+1/p-1. The van der Waals surface area contributed by atoms with E-state index in [9.17, 15) is 0 Å². The zero-order valence-electron chi connectivity index (χ0n) is 7.57. The Morgan fingerprint density at radius 2 is 2.08 bits per heavy atom. The average Bonchev–Trinajstić information content (AvgIpc) is 2.08. The van der Waals surface area contributed by atoms with Gasteiger partial charge in [0.15, 0.2) is 0 Å². The molecule has 0 aliphatic heterocycles. The second kappa shape index (κ2) is 9.74. The first-order chi connectivity index (χ1) is 5.33. The van der Waals surface area contributed by atoms with Crippen molar-refractivity contribution >= 4 is 30.1 Å². The van der Waals surface area contributed by atoms with Crippen molar-refractivity contribution in [3.63, 3.8) is 0 Å². The van der Waals surface area contributed by atoms with E-state index in [0.717, 1.165) is 10.7 Å². The monoisotopic (exact) mass is 210 g/mol. The topological polar surface area (TPSA) is 38.9 Å². The van der Waals surface area contributed by atoms with Crippen LogP contribution in [0.15, 0.2) is 23.4 Å². The van der Waals surface area contributed by atoms with Crippen LogP contribution in [-0.2, 0) is 12.6 Å². The SMILES string of the molecule is CSc1cc(N)ccn1.C[S-].[Na+]. The van der Waals surface area contributed by atoms with Gasteiger partial charge in [0.2, 0.25) is 0 Å². The molecule has 0 unspecified atom stereocenters. The van der Waals surface area contributed by atoms with E-state index in [4.69, 9.17) is 5.73 Å². The summed E-state index contributed by atoms with van der Waals surface area (Å²) in [6.45, 7) is 0. The molecule has 1 heterocycles. The molecule has 0 radical (unpaired) electrons. The fourth-order valence-electron chi connectivity index (χ4n) is 0.536. The zero-order chi connectivity index (χ0) is 8.69. The molecular weight excluding hydrogens is 199 g/mol. The minimum Gasteiger partial charge on any atom is -0.796 e. The third-order valence-corrected chi connectivity index (χ3v) is 1.61. The number of aromatic nitrogens is 1. The third kappa shape index (κ3) is 6.20. The smallest absolute Gasteiger partial charge is 0.796 e. The average molecular weight is 210 g/mol. The molecule has 0 saturated carbocycles. The van der Waals surface area contributed by atoms with Gasteiger partial charge in [-0.05, 0) is 18.4 Å². The van der Waals surface area contributed by atoms with Gasteiger partial charge in [0, 0.05) is 11.9 Å². The van der Waals surface area contributed by atoms with Crippen LogP contribution in [0.5, 0.6) is 0 Å². The van der Waals surface area contributed by atoms with Gasteiger partial charge in [-0.15, -0.1) is 11.8 Å². The number of thioether (sulfide) groups is 1. The van der Waals surface area contributed by atoms with Crippen molar-refractivity contribution in [2.45, 2.75) is 5.03 Å². The molecule has 0 atom stereocenters. The molecule has 62 valence electrons. The molecule has 12 heavy (non-hydrogen) atoms. The quantitative estimate of drug-likeness (QED) is 0.350. The van der Waals surface area contributed by atoms with Crippen molar-refractivity contribution in [3.8, 4) is 0 Å². The first kappa shape index (κ1) is 15.1. The minimum atomic E-state index is 0. The van der Waals surface area contributed by atoms with Gasteiger partial charge in [0.25, 0.3) is 0 Å². The molecule has 1 rings (SSSR count). The number of nitrogen functional groups attached to an aromatic ring is 1. The fraction of sp³-hybridized carbons (Fsp3) is 0.286. The van der Waals surface area contributed by atoms with Gasteiger partial charge < -0.3 is 18.4 Å². The van der Waals surface area contributed by atoms with Gasteiger partial charge in [0.05, 0.1) is 5.03 Å². The number of hydrogen-bond donors (Lipinski definition) is 1. The molecule has 0 aliphatic carbocycles. The van der Waals surface area contributed by atoms with E-state index in [-0.39, 0.29) is 29.6 Å². The van der Waals surface area contributed by atoms with Crippen LogP contribution in [0.1, 0.15) is 0 Å². The Bertz CT molecular complexity index is 208. The normalized spacial score (nSPS) is 7.58. The minimum absolute atomic E-state index is 0. The molecular formula is C7H11N2NaS2. The predicted octanol–water partition coefficient (Wildman–Crippen LogP) is -1.45. The number of nitrogens with zero attached hydrogens (tertiary/aromatic N) is 1. The Morgan fingerprint density at radius 1 is 1.50 bits per heavy atom. The molecule has 0 fully saturated rings. The number of hydrogen-bond acceptors (Lipinski definition) is 4. The molecule has 0 bridgehead atoms. The number of nitrogens with two attached hydrogens (primary N) is 1. The molecule has 1 aromatic heterocycles. The third-order valence-electron chi connectivity index (χ3n) is 0.968.